The van der Waals surface area contributed by atoms with E-state index < -0.39 is 0 Å². The lowest BCUT2D eigenvalue weighted by atomic mass is 10.0. The van der Waals surface area contributed by atoms with Gasteiger partial charge in [0.25, 0.3) is 5.91 Å². The smallest absolute Gasteiger partial charge is 0.250 e. The van der Waals surface area contributed by atoms with Crippen LogP contribution in [0.1, 0.15) is 27.7 Å². The van der Waals surface area contributed by atoms with E-state index in [4.69, 9.17) is 4.74 Å². The lowest BCUT2D eigenvalue weighted by Gasteiger charge is -2.23. The predicted molar refractivity (Wildman–Crippen MR) is 62.1 cm³/mol. The van der Waals surface area contributed by atoms with Crippen molar-refractivity contribution in [1.82, 2.24) is 10.6 Å². The molecule has 1 saturated carbocycles. The number of carbonyl (C=O) groups is 1. The van der Waals surface area contributed by atoms with E-state index in [1.165, 1.54) is 0 Å². The molecule has 0 aromatic carbocycles. The molecule has 0 bridgehead atoms. The number of hydrogen-bond acceptors (Lipinski definition) is 3. The highest BCUT2D eigenvalue weighted by molar-refractivity contribution is 5.82. The molecule has 1 saturated heterocycles. The van der Waals surface area contributed by atoms with Gasteiger partial charge in [-0.25, -0.2) is 0 Å². The molecule has 0 aromatic heterocycles. The second kappa shape index (κ2) is 3.70. The standard InChI is InChI=1S/C12H22N2O2/c1-11(2)10(12(11,3)4)14-9(15)8-7-13-5-6-16-8/h8,10,13H,5-7H2,1-4H3,(H,14,15). The molecule has 2 aliphatic rings. The minimum atomic E-state index is -0.319. The van der Waals surface area contributed by atoms with Gasteiger partial charge in [-0.05, 0) is 10.8 Å². The Labute approximate surface area is 97.1 Å². The summed E-state index contributed by atoms with van der Waals surface area (Å²) in [5.41, 5.74) is 0.371. The Hall–Kier alpha value is -0.610. The largest absolute Gasteiger partial charge is 0.366 e. The first-order chi connectivity index (χ1) is 7.37. The molecule has 0 radical (unpaired) electrons. The fourth-order valence-electron chi connectivity index (χ4n) is 2.53. The maximum Gasteiger partial charge on any atom is 0.250 e. The summed E-state index contributed by atoms with van der Waals surface area (Å²) in [6.45, 7) is 10.9. The molecular weight excluding hydrogens is 204 g/mol. The summed E-state index contributed by atoms with van der Waals surface area (Å²) >= 11 is 0. The molecule has 1 aliphatic carbocycles. The van der Waals surface area contributed by atoms with Gasteiger partial charge in [-0.2, -0.15) is 0 Å². The summed E-state index contributed by atoms with van der Waals surface area (Å²) in [6, 6.07) is 0.262. The molecule has 4 nitrogen and oxygen atoms in total. The van der Waals surface area contributed by atoms with Crippen molar-refractivity contribution in [2.75, 3.05) is 19.7 Å². The summed E-state index contributed by atoms with van der Waals surface area (Å²) in [5.74, 6) is 0.0239. The molecule has 1 atom stereocenters. The quantitative estimate of drug-likeness (QED) is 0.722. The van der Waals surface area contributed by atoms with Gasteiger partial charge in [-0.1, -0.05) is 27.7 Å². The Balaban J connectivity index is 1.89. The van der Waals surface area contributed by atoms with E-state index in [1.807, 2.05) is 0 Å². The van der Waals surface area contributed by atoms with Gasteiger partial charge < -0.3 is 15.4 Å². The van der Waals surface area contributed by atoms with E-state index in [2.05, 4.69) is 38.3 Å². The van der Waals surface area contributed by atoms with E-state index in [-0.39, 0.29) is 28.9 Å². The van der Waals surface area contributed by atoms with Crippen molar-refractivity contribution in [1.29, 1.82) is 0 Å². The van der Waals surface area contributed by atoms with Gasteiger partial charge in [-0.15, -0.1) is 0 Å². The van der Waals surface area contributed by atoms with E-state index in [0.29, 0.717) is 13.2 Å². The molecule has 1 unspecified atom stereocenters. The zero-order chi connectivity index (χ0) is 12.0. The van der Waals surface area contributed by atoms with Gasteiger partial charge in [0.15, 0.2) is 0 Å². The van der Waals surface area contributed by atoms with E-state index in [9.17, 15) is 4.79 Å². The zero-order valence-electron chi connectivity index (χ0n) is 10.6. The van der Waals surface area contributed by atoms with Crippen LogP contribution in [0.15, 0.2) is 0 Å². The molecule has 2 fully saturated rings. The van der Waals surface area contributed by atoms with Crippen molar-refractivity contribution in [2.24, 2.45) is 10.8 Å². The fourth-order valence-corrected chi connectivity index (χ4v) is 2.53. The highest BCUT2D eigenvalue weighted by Crippen LogP contribution is 2.62. The maximum atomic E-state index is 11.9. The Morgan fingerprint density at radius 2 is 1.94 bits per heavy atom. The third-order valence-corrected chi connectivity index (χ3v) is 4.53. The molecule has 4 heteroatoms. The second-order valence-corrected chi connectivity index (χ2v) is 5.95. The highest BCUT2D eigenvalue weighted by atomic mass is 16.5. The monoisotopic (exact) mass is 226 g/mol. The van der Waals surface area contributed by atoms with Gasteiger partial charge in [0.05, 0.1) is 6.61 Å². The number of amides is 1. The maximum absolute atomic E-state index is 11.9. The molecule has 92 valence electrons. The van der Waals surface area contributed by atoms with E-state index >= 15 is 0 Å². The molecule has 1 heterocycles. The molecule has 16 heavy (non-hydrogen) atoms. The molecule has 1 aliphatic heterocycles. The number of nitrogens with one attached hydrogen (secondary N) is 2. The first-order valence-corrected chi connectivity index (χ1v) is 6.00. The third-order valence-electron chi connectivity index (χ3n) is 4.53. The Morgan fingerprint density at radius 3 is 2.38 bits per heavy atom. The van der Waals surface area contributed by atoms with Crippen molar-refractivity contribution in [3.63, 3.8) is 0 Å². The number of hydrogen-bond donors (Lipinski definition) is 2. The minimum Gasteiger partial charge on any atom is -0.366 e. The summed E-state index contributed by atoms with van der Waals surface area (Å²) in [7, 11) is 0. The van der Waals surface area contributed by atoms with E-state index in [1.54, 1.807) is 0 Å². The van der Waals surface area contributed by atoms with Crippen molar-refractivity contribution >= 4 is 5.91 Å². The van der Waals surface area contributed by atoms with Crippen LogP contribution in [-0.4, -0.2) is 37.7 Å². The average molecular weight is 226 g/mol. The first kappa shape index (κ1) is 11.9. The zero-order valence-corrected chi connectivity index (χ0v) is 10.6. The molecule has 0 spiro atoms. The predicted octanol–water partition coefficient (Wildman–Crippen LogP) is 0.526. The minimum absolute atomic E-state index is 0.0239. The number of morpholine rings is 1. The molecule has 2 N–H and O–H groups in total. The summed E-state index contributed by atoms with van der Waals surface area (Å²) in [4.78, 5) is 11.9. The first-order valence-electron chi connectivity index (χ1n) is 6.00. The van der Waals surface area contributed by atoms with Crippen molar-refractivity contribution < 1.29 is 9.53 Å². The lowest BCUT2D eigenvalue weighted by molar-refractivity contribution is -0.134. The number of carbonyl (C=O) groups excluding carboxylic acids is 1. The van der Waals surface area contributed by atoms with Crippen LogP contribution < -0.4 is 10.6 Å². The summed E-state index contributed by atoms with van der Waals surface area (Å²) in [5, 5.41) is 6.27. The van der Waals surface area contributed by atoms with Crippen LogP contribution in [0.2, 0.25) is 0 Å². The Morgan fingerprint density at radius 1 is 1.31 bits per heavy atom. The van der Waals surface area contributed by atoms with Crippen LogP contribution in [0.25, 0.3) is 0 Å². The fraction of sp³-hybridized carbons (Fsp3) is 0.917. The molecule has 2 rings (SSSR count). The molecular formula is C12H22N2O2. The van der Waals surface area contributed by atoms with Gasteiger partial charge in [-0.3, -0.25) is 4.79 Å². The van der Waals surface area contributed by atoms with Gasteiger partial charge >= 0.3 is 0 Å². The second-order valence-electron chi connectivity index (χ2n) is 5.95. The number of rotatable bonds is 2. The van der Waals surface area contributed by atoms with Crippen molar-refractivity contribution in [3.05, 3.63) is 0 Å². The van der Waals surface area contributed by atoms with Gasteiger partial charge in [0.1, 0.15) is 6.10 Å². The van der Waals surface area contributed by atoms with Crippen LogP contribution in [0.4, 0.5) is 0 Å². The van der Waals surface area contributed by atoms with Crippen LogP contribution in [0, 0.1) is 10.8 Å². The Bertz CT molecular complexity index is 279. The summed E-state index contributed by atoms with van der Waals surface area (Å²) in [6.07, 6.45) is -0.319. The topological polar surface area (TPSA) is 50.4 Å². The van der Waals surface area contributed by atoms with Gasteiger partial charge in [0.2, 0.25) is 0 Å². The van der Waals surface area contributed by atoms with E-state index in [0.717, 1.165) is 6.54 Å². The normalized spacial score (nSPS) is 32.1. The van der Waals surface area contributed by atoms with Gasteiger partial charge in [0, 0.05) is 19.1 Å². The van der Waals surface area contributed by atoms with Crippen molar-refractivity contribution in [2.45, 2.75) is 39.8 Å². The third kappa shape index (κ3) is 1.74. The van der Waals surface area contributed by atoms with Crippen LogP contribution >= 0.6 is 0 Å². The number of ether oxygens (including phenoxy) is 1. The van der Waals surface area contributed by atoms with Crippen LogP contribution in [0.3, 0.4) is 0 Å². The lowest BCUT2D eigenvalue weighted by Crippen LogP contribution is -2.49. The van der Waals surface area contributed by atoms with Crippen LogP contribution in [-0.2, 0) is 9.53 Å². The Kier molecular flexibility index (Phi) is 2.75. The summed E-state index contributed by atoms with van der Waals surface area (Å²) < 4.78 is 5.43. The average Bonchev–Trinajstić information content (AvgIpc) is 2.62. The SMILES string of the molecule is CC1(C)C(NC(=O)C2CNCCO2)C1(C)C. The molecule has 0 aromatic rings. The highest BCUT2D eigenvalue weighted by Gasteiger charge is 2.65. The van der Waals surface area contributed by atoms with Crippen LogP contribution in [0.5, 0.6) is 0 Å². The van der Waals surface area contributed by atoms with Crippen molar-refractivity contribution in [3.8, 4) is 0 Å². The molecule has 1 amide bonds.